The Bertz CT molecular complexity index is 475. The second-order valence-corrected chi connectivity index (χ2v) is 5.94. The fraction of sp³-hybridized carbons (Fsp3) is 0.400. The fourth-order valence-corrected chi connectivity index (χ4v) is 2.43. The molecule has 84 valence electrons. The predicted octanol–water partition coefficient (Wildman–Crippen LogP) is 1.77. The number of rotatable bonds is 1. The van der Waals surface area contributed by atoms with Crippen LogP contribution in [0.1, 0.15) is 26.3 Å². The number of primary sulfonamides is 1. The van der Waals surface area contributed by atoms with E-state index in [1.54, 1.807) is 20.8 Å². The summed E-state index contributed by atoms with van der Waals surface area (Å²) in [6, 6.07) is 3.89. The molecule has 0 spiro atoms. The van der Waals surface area contributed by atoms with Crippen LogP contribution in [-0.2, 0) is 15.4 Å². The second kappa shape index (κ2) is 3.57. The first-order chi connectivity index (χ1) is 6.64. The molecule has 1 aromatic carbocycles. The van der Waals surface area contributed by atoms with Crippen LogP contribution in [0.2, 0.25) is 0 Å². The molecule has 1 aromatic rings. The van der Waals surface area contributed by atoms with Crippen LogP contribution in [0.15, 0.2) is 23.1 Å². The Morgan fingerprint density at radius 3 is 2.13 bits per heavy atom. The number of hydrogen-bond acceptors (Lipinski definition) is 2. The predicted molar refractivity (Wildman–Crippen MR) is 56.5 cm³/mol. The maximum Gasteiger partial charge on any atom is 0.238 e. The van der Waals surface area contributed by atoms with Gasteiger partial charge in [0.15, 0.2) is 0 Å². The Morgan fingerprint density at radius 2 is 1.80 bits per heavy atom. The molecule has 1 rings (SSSR count). The van der Waals surface area contributed by atoms with Crippen LogP contribution in [0.4, 0.5) is 4.39 Å². The molecular weight excluding hydrogens is 217 g/mol. The average molecular weight is 231 g/mol. The summed E-state index contributed by atoms with van der Waals surface area (Å²) >= 11 is 0. The van der Waals surface area contributed by atoms with Gasteiger partial charge >= 0.3 is 0 Å². The van der Waals surface area contributed by atoms with Gasteiger partial charge < -0.3 is 0 Å². The fourth-order valence-electron chi connectivity index (χ4n) is 1.47. The van der Waals surface area contributed by atoms with Crippen molar-refractivity contribution in [2.45, 2.75) is 31.1 Å². The summed E-state index contributed by atoms with van der Waals surface area (Å²) in [5.74, 6) is -0.547. The molecule has 0 aliphatic rings. The molecule has 0 heterocycles. The number of halogens is 1. The van der Waals surface area contributed by atoms with Crippen molar-refractivity contribution in [1.29, 1.82) is 0 Å². The first-order valence-electron chi connectivity index (χ1n) is 4.46. The molecule has 0 aromatic heterocycles. The van der Waals surface area contributed by atoms with Crippen molar-refractivity contribution in [2.75, 3.05) is 0 Å². The molecular formula is C10H14FNO2S. The lowest BCUT2D eigenvalue weighted by Gasteiger charge is -2.22. The monoisotopic (exact) mass is 231 g/mol. The molecule has 0 atom stereocenters. The highest BCUT2D eigenvalue weighted by atomic mass is 32.2. The molecule has 0 aliphatic carbocycles. The molecule has 5 heteroatoms. The Labute approximate surface area is 89.2 Å². The number of nitrogens with two attached hydrogens (primary N) is 1. The van der Waals surface area contributed by atoms with Crippen LogP contribution in [0.3, 0.4) is 0 Å². The summed E-state index contributed by atoms with van der Waals surface area (Å²) in [5.41, 5.74) is -0.472. The van der Waals surface area contributed by atoms with E-state index in [1.807, 2.05) is 0 Å². The number of sulfonamides is 1. The van der Waals surface area contributed by atoms with Crippen molar-refractivity contribution in [3.63, 3.8) is 0 Å². The van der Waals surface area contributed by atoms with Crippen LogP contribution in [0, 0.1) is 5.82 Å². The standard InChI is InChI=1S/C10H14FNO2S/c1-10(2,3)9-7(11)5-4-6-8(9)15(12,13)14/h4-6H,1-3H3,(H2,12,13,14). The van der Waals surface area contributed by atoms with E-state index in [0.717, 1.165) is 0 Å². The maximum atomic E-state index is 13.6. The molecule has 15 heavy (non-hydrogen) atoms. The largest absolute Gasteiger partial charge is 0.238 e. The van der Waals surface area contributed by atoms with Gasteiger partial charge in [0.05, 0.1) is 4.90 Å². The van der Waals surface area contributed by atoms with Crippen molar-refractivity contribution in [3.05, 3.63) is 29.6 Å². The Morgan fingerprint density at radius 1 is 1.27 bits per heavy atom. The van der Waals surface area contributed by atoms with E-state index in [1.165, 1.54) is 18.2 Å². The van der Waals surface area contributed by atoms with Crippen LogP contribution in [0.5, 0.6) is 0 Å². The van der Waals surface area contributed by atoms with Gasteiger partial charge in [0.25, 0.3) is 0 Å². The van der Waals surface area contributed by atoms with Crippen molar-refractivity contribution in [3.8, 4) is 0 Å². The first-order valence-corrected chi connectivity index (χ1v) is 6.00. The molecule has 2 N–H and O–H groups in total. The lowest BCUT2D eigenvalue weighted by molar-refractivity contribution is 0.505. The number of hydrogen-bond donors (Lipinski definition) is 1. The van der Waals surface area contributed by atoms with Gasteiger partial charge in [0.2, 0.25) is 10.0 Å². The summed E-state index contributed by atoms with van der Waals surface area (Å²) in [6.07, 6.45) is 0. The average Bonchev–Trinajstić information content (AvgIpc) is 1.99. The van der Waals surface area contributed by atoms with Crippen molar-refractivity contribution < 1.29 is 12.8 Å². The highest BCUT2D eigenvalue weighted by molar-refractivity contribution is 7.89. The van der Waals surface area contributed by atoms with Crippen LogP contribution in [-0.4, -0.2) is 8.42 Å². The van der Waals surface area contributed by atoms with E-state index in [9.17, 15) is 12.8 Å². The molecule has 0 bridgehead atoms. The lowest BCUT2D eigenvalue weighted by atomic mass is 9.86. The normalized spacial score (nSPS) is 12.9. The lowest BCUT2D eigenvalue weighted by Crippen LogP contribution is -2.22. The summed E-state index contributed by atoms with van der Waals surface area (Å²) in [6.45, 7) is 5.21. The number of benzene rings is 1. The minimum absolute atomic E-state index is 0.132. The van der Waals surface area contributed by atoms with E-state index in [-0.39, 0.29) is 10.5 Å². The molecule has 3 nitrogen and oxygen atoms in total. The van der Waals surface area contributed by atoms with Gasteiger partial charge in [-0.3, -0.25) is 0 Å². The van der Waals surface area contributed by atoms with Crippen LogP contribution >= 0.6 is 0 Å². The highest BCUT2D eigenvalue weighted by Crippen LogP contribution is 2.30. The van der Waals surface area contributed by atoms with Gasteiger partial charge in [0, 0.05) is 5.56 Å². The van der Waals surface area contributed by atoms with Crippen LogP contribution in [0.25, 0.3) is 0 Å². The molecule has 0 aliphatic heterocycles. The van der Waals surface area contributed by atoms with Crippen molar-refractivity contribution >= 4 is 10.0 Å². The third-order valence-corrected chi connectivity index (χ3v) is 2.99. The van der Waals surface area contributed by atoms with Gasteiger partial charge in [-0.1, -0.05) is 26.8 Å². The van der Waals surface area contributed by atoms with Gasteiger partial charge in [0.1, 0.15) is 5.82 Å². The highest BCUT2D eigenvalue weighted by Gasteiger charge is 2.26. The molecule has 0 amide bonds. The summed E-state index contributed by atoms with van der Waals surface area (Å²) < 4.78 is 36.1. The Hall–Kier alpha value is -0.940. The molecule has 0 radical (unpaired) electrons. The summed E-state index contributed by atoms with van der Waals surface area (Å²) in [4.78, 5) is -0.144. The van der Waals surface area contributed by atoms with Gasteiger partial charge in [-0.2, -0.15) is 0 Å². The van der Waals surface area contributed by atoms with E-state index < -0.39 is 21.3 Å². The molecule has 0 unspecified atom stereocenters. The van der Waals surface area contributed by atoms with E-state index in [2.05, 4.69) is 0 Å². The summed E-state index contributed by atoms with van der Waals surface area (Å²) in [5, 5.41) is 5.03. The van der Waals surface area contributed by atoms with Crippen molar-refractivity contribution in [1.82, 2.24) is 0 Å². The molecule has 0 fully saturated rings. The minimum atomic E-state index is -3.88. The summed E-state index contributed by atoms with van der Waals surface area (Å²) in [7, 11) is -3.88. The van der Waals surface area contributed by atoms with Crippen molar-refractivity contribution in [2.24, 2.45) is 5.14 Å². The first kappa shape index (κ1) is 12.1. The van der Waals surface area contributed by atoms with Gasteiger partial charge in [-0.15, -0.1) is 0 Å². The zero-order chi connectivity index (χ0) is 11.9. The second-order valence-electron chi connectivity index (χ2n) is 4.41. The third-order valence-electron chi connectivity index (χ3n) is 2.03. The Balaban J connectivity index is 3.63. The topological polar surface area (TPSA) is 60.2 Å². The van der Waals surface area contributed by atoms with E-state index in [4.69, 9.17) is 5.14 Å². The molecule has 0 saturated heterocycles. The van der Waals surface area contributed by atoms with Gasteiger partial charge in [-0.05, 0) is 17.5 Å². The maximum absolute atomic E-state index is 13.6. The van der Waals surface area contributed by atoms with E-state index >= 15 is 0 Å². The minimum Gasteiger partial charge on any atom is -0.225 e. The van der Waals surface area contributed by atoms with E-state index in [0.29, 0.717) is 0 Å². The van der Waals surface area contributed by atoms with Crippen LogP contribution < -0.4 is 5.14 Å². The van der Waals surface area contributed by atoms with Gasteiger partial charge in [-0.25, -0.2) is 17.9 Å². The smallest absolute Gasteiger partial charge is 0.225 e. The quantitative estimate of drug-likeness (QED) is 0.800. The third kappa shape index (κ3) is 2.54. The zero-order valence-electron chi connectivity index (χ0n) is 8.91. The Kier molecular flexibility index (Phi) is 2.89. The molecule has 0 saturated carbocycles. The SMILES string of the molecule is CC(C)(C)c1c(F)cccc1S(N)(=O)=O. The zero-order valence-corrected chi connectivity index (χ0v) is 9.73.